The number of benzene rings is 2. The molecule has 2 rings (SSSR count). The third-order valence-electron chi connectivity index (χ3n) is 4.97. The summed E-state index contributed by atoms with van der Waals surface area (Å²) in [6.45, 7) is 9.96. The zero-order chi connectivity index (χ0) is 21.6. The van der Waals surface area contributed by atoms with Gasteiger partial charge in [0.25, 0.3) is 0 Å². The second-order valence-electron chi connectivity index (χ2n) is 7.08. The number of amides is 1. The van der Waals surface area contributed by atoms with Gasteiger partial charge < -0.3 is 5.32 Å². The lowest BCUT2D eigenvalue weighted by Crippen LogP contribution is -2.39. The van der Waals surface area contributed by atoms with Crippen molar-refractivity contribution in [2.45, 2.75) is 51.6 Å². The van der Waals surface area contributed by atoms with Gasteiger partial charge in [0.1, 0.15) is 0 Å². The maximum Gasteiger partial charge on any atom is 0.243 e. The number of aryl methyl sites for hydroxylation is 1. The van der Waals surface area contributed by atoms with Crippen LogP contribution in [0.5, 0.6) is 0 Å². The van der Waals surface area contributed by atoms with Crippen molar-refractivity contribution in [3.63, 3.8) is 0 Å². The molecule has 0 bridgehead atoms. The highest BCUT2D eigenvalue weighted by atomic mass is 32.2. The predicted molar refractivity (Wildman–Crippen MR) is 117 cm³/mol. The number of nitrogens with one attached hydrogen (secondary N) is 2. The summed E-state index contributed by atoms with van der Waals surface area (Å²) in [4.78, 5) is 12.9. The van der Waals surface area contributed by atoms with Crippen LogP contribution >= 0.6 is 0 Å². The van der Waals surface area contributed by atoms with Gasteiger partial charge in [-0.2, -0.15) is 4.31 Å². The molecule has 0 aromatic heterocycles. The van der Waals surface area contributed by atoms with Crippen molar-refractivity contribution >= 4 is 21.6 Å². The normalized spacial score (nSPS) is 13.9. The standard InChI is InChI=1S/C22H31N3O3S/c1-6-25(7-2)29(27,28)21-15-20(14-13-16(21)3)24-22(26)18(5)23-17(4)19-11-9-8-10-12-19/h8-15,17-18,23H,6-7H2,1-5H3,(H,24,26)/t17-,18-/m1/s1. The molecule has 6 nitrogen and oxygen atoms in total. The third-order valence-corrected chi connectivity index (χ3v) is 7.16. The topological polar surface area (TPSA) is 78.5 Å². The van der Waals surface area contributed by atoms with Crippen molar-refractivity contribution < 1.29 is 13.2 Å². The Bertz CT molecular complexity index is 926. The molecule has 0 fully saturated rings. The monoisotopic (exact) mass is 417 g/mol. The summed E-state index contributed by atoms with van der Waals surface area (Å²) in [6, 6.07) is 14.4. The first kappa shape index (κ1) is 23.1. The summed E-state index contributed by atoms with van der Waals surface area (Å²) in [5.41, 5.74) is 2.21. The molecule has 0 saturated carbocycles. The molecular weight excluding hydrogens is 386 g/mol. The van der Waals surface area contributed by atoms with Crippen LogP contribution in [-0.4, -0.2) is 37.8 Å². The zero-order valence-corrected chi connectivity index (χ0v) is 18.6. The number of carbonyl (C=O) groups excluding carboxylic acids is 1. The summed E-state index contributed by atoms with van der Waals surface area (Å²) >= 11 is 0. The third kappa shape index (κ3) is 5.65. The van der Waals surface area contributed by atoms with Crippen molar-refractivity contribution in [3.05, 3.63) is 59.7 Å². The number of hydrogen-bond donors (Lipinski definition) is 2. The molecule has 2 N–H and O–H groups in total. The largest absolute Gasteiger partial charge is 0.325 e. The van der Waals surface area contributed by atoms with Crippen LogP contribution in [0.3, 0.4) is 0 Å². The predicted octanol–water partition coefficient (Wildman–Crippen LogP) is 3.70. The minimum Gasteiger partial charge on any atom is -0.325 e. The van der Waals surface area contributed by atoms with Gasteiger partial charge in [0.15, 0.2) is 0 Å². The SMILES string of the molecule is CCN(CC)S(=O)(=O)c1cc(NC(=O)[C@@H](C)N[C@H](C)c2ccccc2)ccc1C. The van der Waals surface area contributed by atoms with Crippen molar-refractivity contribution in [1.82, 2.24) is 9.62 Å². The van der Waals surface area contributed by atoms with Crippen LogP contribution in [0, 0.1) is 6.92 Å². The Morgan fingerprint density at radius 3 is 2.24 bits per heavy atom. The van der Waals surface area contributed by atoms with E-state index in [0.717, 1.165) is 5.56 Å². The van der Waals surface area contributed by atoms with Crippen molar-refractivity contribution in [3.8, 4) is 0 Å². The lowest BCUT2D eigenvalue weighted by Gasteiger charge is -2.22. The Morgan fingerprint density at radius 2 is 1.66 bits per heavy atom. The Labute approximate surface area is 174 Å². The molecule has 0 unspecified atom stereocenters. The van der Waals surface area contributed by atoms with Gasteiger partial charge in [0.2, 0.25) is 15.9 Å². The van der Waals surface area contributed by atoms with Crippen LogP contribution in [-0.2, 0) is 14.8 Å². The van der Waals surface area contributed by atoms with E-state index in [0.29, 0.717) is 24.3 Å². The van der Waals surface area contributed by atoms with Crippen LogP contribution in [0.25, 0.3) is 0 Å². The molecule has 0 aliphatic rings. The molecular formula is C22H31N3O3S. The second-order valence-corrected chi connectivity index (χ2v) is 8.99. The molecule has 0 heterocycles. The molecule has 0 radical (unpaired) electrons. The van der Waals surface area contributed by atoms with Gasteiger partial charge in [-0.05, 0) is 44.0 Å². The van der Waals surface area contributed by atoms with Gasteiger partial charge in [-0.25, -0.2) is 8.42 Å². The fourth-order valence-electron chi connectivity index (χ4n) is 3.20. The Balaban J connectivity index is 2.14. The molecule has 7 heteroatoms. The van der Waals surface area contributed by atoms with Gasteiger partial charge in [-0.3, -0.25) is 10.1 Å². The summed E-state index contributed by atoms with van der Waals surface area (Å²) in [6.07, 6.45) is 0. The summed E-state index contributed by atoms with van der Waals surface area (Å²) in [7, 11) is -3.60. The van der Waals surface area contributed by atoms with E-state index in [1.165, 1.54) is 10.4 Å². The van der Waals surface area contributed by atoms with Gasteiger partial charge in [0.05, 0.1) is 10.9 Å². The first-order valence-electron chi connectivity index (χ1n) is 9.93. The number of hydrogen-bond acceptors (Lipinski definition) is 4. The Morgan fingerprint density at radius 1 is 1.03 bits per heavy atom. The van der Waals surface area contributed by atoms with Crippen LogP contribution in [0.15, 0.2) is 53.4 Å². The molecule has 0 aliphatic carbocycles. The van der Waals surface area contributed by atoms with Crippen molar-refractivity contribution in [1.29, 1.82) is 0 Å². The maximum atomic E-state index is 12.9. The number of nitrogens with zero attached hydrogens (tertiary/aromatic N) is 1. The van der Waals surface area contributed by atoms with E-state index in [-0.39, 0.29) is 16.8 Å². The molecule has 2 aromatic rings. The average Bonchev–Trinajstić information content (AvgIpc) is 2.70. The molecule has 2 aromatic carbocycles. The summed E-state index contributed by atoms with van der Waals surface area (Å²) in [5.74, 6) is -0.220. The van der Waals surface area contributed by atoms with E-state index in [4.69, 9.17) is 0 Å². The molecule has 0 saturated heterocycles. The molecule has 0 aliphatic heterocycles. The number of sulfonamides is 1. The van der Waals surface area contributed by atoms with Gasteiger partial charge in [-0.15, -0.1) is 0 Å². The molecule has 158 valence electrons. The molecule has 0 spiro atoms. The quantitative estimate of drug-likeness (QED) is 0.652. The first-order valence-corrected chi connectivity index (χ1v) is 11.4. The fraction of sp³-hybridized carbons (Fsp3) is 0.409. The maximum absolute atomic E-state index is 12.9. The van der Waals surface area contributed by atoms with Gasteiger partial charge in [0, 0.05) is 24.8 Å². The fourth-order valence-corrected chi connectivity index (χ4v) is 4.91. The van der Waals surface area contributed by atoms with Crippen LogP contribution in [0.4, 0.5) is 5.69 Å². The second kappa shape index (κ2) is 10.0. The highest BCUT2D eigenvalue weighted by molar-refractivity contribution is 7.89. The zero-order valence-electron chi connectivity index (χ0n) is 17.8. The van der Waals surface area contributed by atoms with E-state index in [2.05, 4.69) is 10.6 Å². The van der Waals surface area contributed by atoms with Crippen molar-refractivity contribution in [2.24, 2.45) is 0 Å². The lowest BCUT2D eigenvalue weighted by molar-refractivity contribution is -0.117. The average molecular weight is 418 g/mol. The first-order chi connectivity index (χ1) is 13.7. The van der Waals surface area contributed by atoms with E-state index in [1.807, 2.05) is 51.1 Å². The number of carbonyl (C=O) groups is 1. The van der Waals surface area contributed by atoms with E-state index >= 15 is 0 Å². The van der Waals surface area contributed by atoms with Crippen molar-refractivity contribution in [2.75, 3.05) is 18.4 Å². The molecule has 1 amide bonds. The minimum absolute atomic E-state index is 0.00794. The Hall–Kier alpha value is -2.22. The highest BCUT2D eigenvalue weighted by Gasteiger charge is 2.24. The summed E-state index contributed by atoms with van der Waals surface area (Å²) < 4.78 is 27.2. The summed E-state index contributed by atoms with van der Waals surface area (Å²) in [5, 5.41) is 6.10. The lowest BCUT2D eigenvalue weighted by atomic mass is 10.1. The van der Waals surface area contributed by atoms with Gasteiger partial charge >= 0.3 is 0 Å². The molecule has 29 heavy (non-hydrogen) atoms. The number of rotatable bonds is 9. The minimum atomic E-state index is -3.60. The molecule has 2 atom stereocenters. The van der Waals surface area contributed by atoms with Gasteiger partial charge in [-0.1, -0.05) is 50.2 Å². The van der Waals surface area contributed by atoms with E-state index < -0.39 is 16.1 Å². The highest BCUT2D eigenvalue weighted by Crippen LogP contribution is 2.24. The Kier molecular flexibility index (Phi) is 7.96. The van der Waals surface area contributed by atoms with Crippen LogP contribution < -0.4 is 10.6 Å². The van der Waals surface area contributed by atoms with E-state index in [1.54, 1.807) is 26.0 Å². The smallest absolute Gasteiger partial charge is 0.243 e. The number of anilines is 1. The van der Waals surface area contributed by atoms with E-state index in [9.17, 15) is 13.2 Å². The van der Waals surface area contributed by atoms with Crippen LogP contribution in [0.2, 0.25) is 0 Å². The van der Waals surface area contributed by atoms with Crippen LogP contribution in [0.1, 0.15) is 44.9 Å².